The second-order valence-electron chi connectivity index (χ2n) is 7.54. The summed E-state index contributed by atoms with van der Waals surface area (Å²) in [7, 11) is 0. The molecular formula is C25H24N2O. The van der Waals surface area contributed by atoms with Gasteiger partial charge in [0.1, 0.15) is 11.1 Å². The molecule has 3 heteroatoms. The number of hydrogen-bond acceptors (Lipinski definition) is 3. The van der Waals surface area contributed by atoms with E-state index in [-0.39, 0.29) is 5.54 Å². The maximum Gasteiger partial charge on any atom is 0.220 e. The zero-order chi connectivity index (χ0) is 18.8. The van der Waals surface area contributed by atoms with Crippen LogP contribution in [0.1, 0.15) is 29.9 Å². The Morgan fingerprint density at radius 1 is 0.857 bits per heavy atom. The van der Waals surface area contributed by atoms with Crippen LogP contribution in [0.25, 0.3) is 11.1 Å². The first-order chi connectivity index (χ1) is 13.9. The highest BCUT2D eigenvalue weighted by Gasteiger charge is 2.47. The number of rotatable bonds is 5. The van der Waals surface area contributed by atoms with Crippen LogP contribution in [-0.2, 0) is 12.0 Å². The van der Waals surface area contributed by atoms with Crippen molar-refractivity contribution in [3.05, 3.63) is 102 Å². The van der Waals surface area contributed by atoms with Crippen molar-refractivity contribution in [2.45, 2.75) is 24.8 Å². The van der Waals surface area contributed by atoms with Crippen molar-refractivity contribution < 1.29 is 4.42 Å². The van der Waals surface area contributed by atoms with E-state index < -0.39 is 0 Å². The average Bonchev–Trinajstić information content (AvgIpc) is 3.38. The molecule has 0 amide bonds. The third-order valence-corrected chi connectivity index (χ3v) is 5.92. The van der Waals surface area contributed by atoms with Crippen LogP contribution in [-0.4, -0.2) is 23.0 Å². The number of nitrogens with zero attached hydrogens (tertiary/aromatic N) is 2. The van der Waals surface area contributed by atoms with E-state index in [4.69, 9.17) is 9.40 Å². The Kier molecular flexibility index (Phi) is 4.46. The summed E-state index contributed by atoms with van der Waals surface area (Å²) in [4.78, 5) is 7.51. The first-order valence-corrected chi connectivity index (χ1v) is 10.1. The van der Waals surface area contributed by atoms with Crippen molar-refractivity contribution in [2.24, 2.45) is 0 Å². The van der Waals surface area contributed by atoms with Crippen molar-refractivity contribution in [3.63, 3.8) is 0 Å². The van der Waals surface area contributed by atoms with Crippen LogP contribution in [0.2, 0.25) is 0 Å². The zero-order valence-corrected chi connectivity index (χ0v) is 15.9. The van der Waals surface area contributed by atoms with Gasteiger partial charge >= 0.3 is 0 Å². The number of oxazole rings is 1. The fourth-order valence-electron chi connectivity index (χ4n) is 4.54. The molecule has 140 valence electrons. The Labute approximate surface area is 165 Å². The van der Waals surface area contributed by atoms with Crippen LogP contribution in [0.5, 0.6) is 0 Å². The zero-order valence-electron chi connectivity index (χ0n) is 15.9. The molecule has 0 bridgehead atoms. The van der Waals surface area contributed by atoms with E-state index in [1.54, 1.807) is 0 Å². The van der Waals surface area contributed by atoms with E-state index in [2.05, 4.69) is 65.6 Å². The molecule has 0 aliphatic carbocycles. The minimum atomic E-state index is -0.297. The van der Waals surface area contributed by atoms with Gasteiger partial charge in [-0.05, 0) is 49.1 Å². The molecule has 0 radical (unpaired) electrons. The molecule has 3 aromatic carbocycles. The largest absolute Gasteiger partial charge is 0.438 e. The van der Waals surface area contributed by atoms with Gasteiger partial charge in [-0.2, -0.15) is 0 Å². The summed E-state index contributed by atoms with van der Waals surface area (Å²) in [6.07, 6.45) is 3.19. The first-order valence-electron chi connectivity index (χ1n) is 10.1. The number of aromatic nitrogens is 1. The number of fused-ring (bicyclic) bond motifs is 1. The highest BCUT2D eigenvalue weighted by Crippen LogP contribution is 2.44. The lowest BCUT2D eigenvalue weighted by molar-refractivity contribution is 0.148. The second-order valence-corrected chi connectivity index (χ2v) is 7.54. The third-order valence-electron chi connectivity index (χ3n) is 5.92. The summed E-state index contributed by atoms with van der Waals surface area (Å²) in [5.74, 6) is 0.825. The smallest absolute Gasteiger partial charge is 0.220 e. The van der Waals surface area contributed by atoms with Crippen molar-refractivity contribution in [2.75, 3.05) is 13.1 Å². The molecule has 1 atom stereocenters. The molecular weight excluding hydrogens is 344 g/mol. The predicted molar refractivity (Wildman–Crippen MR) is 112 cm³/mol. The molecule has 0 spiro atoms. The predicted octanol–water partition coefficient (Wildman–Crippen LogP) is 5.41. The minimum Gasteiger partial charge on any atom is -0.438 e. The van der Waals surface area contributed by atoms with Crippen LogP contribution in [0.15, 0.2) is 89.3 Å². The molecule has 5 rings (SSSR count). The topological polar surface area (TPSA) is 29.3 Å². The van der Waals surface area contributed by atoms with Gasteiger partial charge in [-0.3, -0.25) is 4.90 Å². The minimum absolute atomic E-state index is 0.297. The molecule has 2 heterocycles. The van der Waals surface area contributed by atoms with Gasteiger partial charge in [0.25, 0.3) is 0 Å². The molecule has 0 N–H and O–H groups in total. The number of likely N-dealkylation sites (tertiary alicyclic amines) is 1. The van der Waals surface area contributed by atoms with E-state index >= 15 is 0 Å². The SMILES string of the molecule is c1ccc(CCN2CCCC2(c2ccccc2)c2nc3ccccc3o2)cc1. The van der Waals surface area contributed by atoms with Crippen molar-refractivity contribution in [3.8, 4) is 0 Å². The summed E-state index contributed by atoms with van der Waals surface area (Å²) < 4.78 is 6.34. The molecule has 28 heavy (non-hydrogen) atoms. The Bertz CT molecular complexity index is 1020. The Morgan fingerprint density at radius 2 is 1.57 bits per heavy atom. The molecule has 1 unspecified atom stereocenters. The molecule has 1 saturated heterocycles. The summed E-state index contributed by atoms with van der Waals surface area (Å²) in [6, 6.07) is 29.5. The van der Waals surface area contributed by atoms with Gasteiger partial charge in [0.2, 0.25) is 5.89 Å². The van der Waals surface area contributed by atoms with Gasteiger partial charge in [0, 0.05) is 6.54 Å². The third kappa shape index (κ3) is 2.92. The fraction of sp³-hybridized carbons (Fsp3) is 0.240. The van der Waals surface area contributed by atoms with Crippen LogP contribution >= 0.6 is 0 Å². The lowest BCUT2D eigenvalue weighted by Gasteiger charge is -2.36. The molecule has 1 fully saturated rings. The number of hydrogen-bond donors (Lipinski definition) is 0. The van der Waals surface area contributed by atoms with Crippen molar-refractivity contribution in [1.29, 1.82) is 0 Å². The molecule has 1 aliphatic heterocycles. The van der Waals surface area contributed by atoms with Gasteiger partial charge in [-0.1, -0.05) is 72.8 Å². The highest BCUT2D eigenvalue weighted by molar-refractivity contribution is 5.72. The van der Waals surface area contributed by atoms with Crippen molar-refractivity contribution in [1.82, 2.24) is 9.88 Å². The molecule has 3 nitrogen and oxygen atoms in total. The van der Waals surface area contributed by atoms with E-state index in [1.807, 2.05) is 24.3 Å². The maximum absolute atomic E-state index is 6.34. The summed E-state index contributed by atoms with van der Waals surface area (Å²) in [5.41, 5.74) is 4.14. The highest BCUT2D eigenvalue weighted by atomic mass is 16.4. The van der Waals surface area contributed by atoms with Crippen LogP contribution < -0.4 is 0 Å². The summed E-state index contributed by atoms with van der Waals surface area (Å²) >= 11 is 0. The monoisotopic (exact) mass is 368 g/mol. The van der Waals surface area contributed by atoms with E-state index in [0.29, 0.717) is 0 Å². The Morgan fingerprint density at radius 3 is 2.36 bits per heavy atom. The van der Waals surface area contributed by atoms with Gasteiger partial charge in [-0.25, -0.2) is 4.98 Å². The van der Waals surface area contributed by atoms with Gasteiger partial charge in [0.05, 0.1) is 0 Å². The first kappa shape index (κ1) is 17.2. The second kappa shape index (κ2) is 7.25. The maximum atomic E-state index is 6.34. The fourth-order valence-corrected chi connectivity index (χ4v) is 4.54. The van der Waals surface area contributed by atoms with E-state index in [1.165, 1.54) is 11.1 Å². The van der Waals surface area contributed by atoms with Gasteiger partial charge in [-0.15, -0.1) is 0 Å². The Balaban J connectivity index is 1.57. The number of benzene rings is 3. The average molecular weight is 368 g/mol. The quantitative estimate of drug-likeness (QED) is 0.472. The van der Waals surface area contributed by atoms with Crippen LogP contribution in [0, 0.1) is 0 Å². The lowest BCUT2D eigenvalue weighted by Crippen LogP contribution is -2.43. The summed E-state index contributed by atoms with van der Waals surface area (Å²) in [6.45, 7) is 2.04. The lowest BCUT2D eigenvalue weighted by atomic mass is 9.86. The van der Waals surface area contributed by atoms with Gasteiger partial charge < -0.3 is 4.42 Å². The van der Waals surface area contributed by atoms with Gasteiger partial charge in [0.15, 0.2) is 5.58 Å². The molecule has 4 aromatic rings. The molecule has 1 aliphatic rings. The van der Waals surface area contributed by atoms with E-state index in [9.17, 15) is 0 Å². The Hall–Kier alpha value is -2.91. The van der Waals surface area contributed by atoms with Crippen molar-refractivity contribution >= 4 is 11.1 Å². The standard InChI is InChI=1S/C25H24N2O/c1-3-10-20(11-4-1)16-19-27-18-9-17-25(27,21-12-5-2-6-13-21)24-26-22-14-7-8-15-23(22)28-24/h1-8,10-15H,9,16-19H2. The molecule has 0 saturated carbocycles. The normalized spacial score (nSPS) is 20.0. The molecule has 1 aromatic heterocycles. The summed E-state index contributed by atoms with van der Waals surface area (Å²) in [5, 5.41) is 0. The number of para-hydroxylation sites is 2. The van der Waals surface area contributed by atoms with E-state index in [0.717, 1.165) is 49.3 Å². The van der Waals surface area contributed by atoms with Crippen LogP contribution in [0.3, 0.4) is 0 Å². The van der Waals surface area contributed by atoms with Crippen LogP contribution in [0.4, 0.5) is 0 Å².